The van der Waals surface area contributed by atoms with Gasteiger partial charge >= 0.3 is 0 Å². The molecule has 0 spiro atoms. The third-order valence-electron chi connectivity index (χ3n) is 3.89. The number of hydrogen-bond acceptors (Lipinski definition) is 3. The van der Waals surface area contributed by atoms with Crippen molar-refractivity contribution in [2.75, 3.05) is 46.3 Å². The Morgan fingerprint density at radius 1 is 1.24 bits per heavy atom. The van der Waals surface area contributed by atoms with Crippen LogP contribution in [0.25, 0.3) is 0 Å². The molecule has 1 heterocycles. The number of hydrogen-bond donors (Lipinski definition) is 1. The summed E-state index contributed by atoms with van der Waals surface area (Å²) in [5.41, 5.74) is 0. The number of nitrogens with zero attached hydrogens (tertiary/aromatic N) is 2. The van der Waals surface area contributed by atoms with Gasteiger partial charge in [0.05, 0.1) is 0 Å². The predicted molar refractivity (Wildman–Crippen MR) is 75.5 cm³/mol. The first-order valence-corrected chi connectivity index (χ1v) is 7.41. The van der Waals surface area contributed by atoms with E-state index in [1.165, 1.54) is 58.4 Å². The van der Waals surface area contributed by atoms with E-state index < -0.39 is 0 Å². The van der Waals surface area contributed by atoms with E-state index in [-0.39, 0.29) is 0 Å². The van der Waals surface area contributed by atoms with Gasteiger partial charge in [-0.15, -0.1) is 0 Å². The molecule has 17 heavy (non-hydrogen) atoms. The smallest absolute Gasteiger partial charge is 0.0217 e. The van der Waals surface area contributed by atoms with Gasteiger partial charge in [-0.3, -0.25) is 0 Å². The summed E-state index contributed by atoms with van der Waals surface area (Å²) in [6.45, 7) is 11.7. The summed E-state index contributed by atoms with van der Waals surface area (Å²) >= 11 is 0. The summed E-state index contributed by atoms with van der Waals surface area (Å²) in [5, 5.41) is 3.63. The molecule has 0 saturated carbocycles. The topological polar surface area (TPSA) is 18.5 Å². The zero-order chi connectivity index (χ0) is 12.5. The van der Waals surface area contributed by atoms with Crippen LogP contribution in [0.1, 0.15) is 39.5 Å². The van der Waals surface area contributed by atoms with Crippen LogP contribution in [0.2, 0.25) is 0 Å². The van der Waals surface area contributed by atoms with Gasteiger partial charge in [-0.25, -0.2) is 0 Å². The maximum Gasteiger partial charge on any atom is 0.0217 e. The summed E-state index contributed by atoms with van der Waals surface area (Å²) in [5.74, 6) is 0. The van der Waals surface area contributed by atoms with Crippen LogP contribution in [-0.2, 0) is 0 Å². The van der Waals surface area contributed by atoms with Crippen LogP contribution in [0.4, 0.5) is 0 Å². The Labute approximate surface area is 108 Å². The van der Waals surface area contributed by atoms with Crippen LogP contribution < -0.4 is 5.32 Å². The Balaban J connectivity index is 2.06. The molecule has 1 unspecified atom stereocenters. The van der Waals surface area contributed by atoms with Gasteiger partial charge in [-0.05, 0) is 45.9 Å². The van der Waals surface area contributed by atoms with Crippen molar-refractivity contribution in [3.8, 4) is 0 Å². The van der Waals surface area contributed by atoms with Gasteiger partial charge in [0.1, 0.15) is 0 Å². The van der Waals surface area contributed by atoms with E-state index in [1.54, 1.807) is 0 Å². The van der Waals surface area contributed by atoms with E-state index in [0.29, 0.717) is 0 Å². The van der Waals surface area contributed by atoms with Crippen LogP contribution in [0.15, 0.2) is 0 Å². The molecule has 1 aliphatic heterocycles. The van der Waals surface area contributed by atoms with Crippen molar-refractivity contribution >= 4 is 0 Å². The second-order valence-electron chi connectivity index (χ2n) is 5.27. The van der Waals surface area contributed by atoms with Gasteiger partial charge in [0, 0.05) is 25.7 Å². The van der Waals surface area contributed by atoms with Gasteiger partial charge in [-0.1, -0.05) is 20.3 Å². The number of piperidine rings is 1. The molecule has 102 valence electrons. The zero-order valence-corrected chi connectivity index (χ0v) is 12.0. The van der Waals surface area contributed by atoms with E-state index in [2.05, 4.69) is 36.0 Å². The molecule has 1 aliphatic rings. The Hall–Kier alpha value is -0.120. The largest absolute Gasteiger partial charge is 0.314 e. The minimum atomic E-state index is 0.769. The van der Waals surface area contributed by atoms with Crippen molar-refractivity contribution in [3.05, 3.63) is 0 Å². The molecule has 0 aliphatic carbocycles. The number of rotatable bonds is 8. The maximum atomic E-state index is 3.63. The number of nitrogens with one attached hydrogen (secondary N) is 1. The third kappa shape index (κ3) is 5.84. The minimum Gasteiger partial charge on any atom is -0.314 e. The predicted octanol–water partition coefficient (Wildman–Crippen LogP) is 1.79. The molecule has 0 amide bonds. The molecule has 0 radical (unpaired) electrons. The van der Waals surface area contributed by atoms with Gasteiger partial charge < -0.3 is 15.1 Å². The average Bonchev–Trinajstić information content (AvgIpc) is 2.35. The Morgan fingerprint density at radius 2 is 2.06 bits per heavy atom. The van der Waals surface area contributed by atoms with Crippen LogP contribution in [-0.4, -0.2) is 62.2 Å². The van der Waals surface area contributed by atoms with Gasteiger partial charge in [0.15, 0.2) is 0 Å². The Kier molecular flexibility index (Phi) is 7.82. The zero-order valence-electron chi connectivity index (χ0n) is 12.0. The molecular formula is C14H31N3. The third-order valence-corrected chi connectivity index (χ3v) is 3.89. The Bertz CT molecular complexity index is 184. The van der Waals surface area contributed by atoms with E-state index >= 15 is 0 Å². The quantitative estimate of drug-likeness (QED) is 0.654. The molecule has 1 atom stereocenters. The molecule has 1 N–H and O–H groups in total. The van der Waals surface area contributed by atoms with Gasteiger partial charge in [0.25, 0.3) is 0 Å². The maximum absolute atomic E-state index is 3.63. The van der Waals surface area contributed by atoms with E-state index in [9.17, 15) is 0 Å². The molecule has 1 saturated heterocycles. The monoisotopic (exact) mass is 241 g/mol. The standard InChI is InChI=1S/C14H31N3/c1-4-10-17(5-2)12-9-15-13-14-8-6-7-11-16(14)3/h14-15H,4-13H2,1-3H3. The second-order valence-corrected chi connectivity index (χ2v) is 5.27. The van der Waals surface area contributed by atoms with Crippen molar-refractivity contribution in [1.82, 2.24) is 15.1 Å². The summed E-state index contributed by atoms with van der Waals surface area (Å²) < 4.78 is 0. The summed E-state index contributed by atoms with van der Waals surface area (Å²) in [6, 6.07) is 0.769. The first-order valence-electron chi connectivity index (χ1n) is 7.41. The van der Waals surface area contributed by atoms with Crippen LogP contribution in [0.3, 0.4) is 0 Å². The van der Waals surface area contributed by atoms with Crippen LogP contribution in [0.5, 0.6) is 0 Å². The highest BCUT2D eigenvalue weighted by atomic mass is 15.2. The molecular weight excluding hydrogens is 210 g/mol. The molecule has 3 nitrogen and oxygen atoms in total. The first-order chi connectivity index (χ1) is 8.27. The fourth-order valence-corrected chi connectivity index (χ4v) is 2.65. The molecule has 0 aromatic heterocycles. The second kappa shape index (κ2) is 8.90. The number of likely N-dealkylation sites (N-methyl/N-ethyl adjacent to an activating group) is 2. The van der Waals surface area contributed by atoms with Crippen molar-refractivity contribution < 1.29 is 0 Å². The summed E-state index contributed by atoms with van der Waals surface area (Å²) in [4.78, 5) is 5.04. The lowest BCUT2D eigenvalue weighted by atomic mass is 10.0. The van der Waals surface area contributed by atoms with E-state index in [4.69, 9.17) is 0 Å². The summed E-state index contributed by atoms with van der Waals surface area (Å²) in [6.07, 6.45) is 5.43. The van der Waals surface area contributed by atoms with Gasteiger partial charge in [0.2, 0.25) is 0 Å². The van der Waals surface area contributed by atoms with Crippen molar-refractivity contribution in [3.63, 3.8) is 0 Å². The molecule has 0 bridgehead atoms. The highest BCUT2D eigenvalue weighted by Crippen LogP contribution is 2.13. The van der Waals surface area contributed by atoms with Crippen LogP contribution in [0, 0.1) is 0 Å². The van der Waals surface area contributed by atoms with Crippen molar-refractivity contribution in [1.29, 1.82) is 0 Å². The lowest BCUT2D eigenvalue weighted by molar-refractivity contribution is 0.179. The first kappa shape index (κ1) is 14.9. The van der Waals surface area contributed by atoms with Crippen molar-refractivity contribution in [2.24, 2.45) is 0 Å². The average molecular weight is 241 g/mol. The molecule has 0 aromatic carbocycles. The van der Waals surface area contributed by atoms with E-state index in [1.807, 2.05) is 0 Å². The normalized spacial score (nSPS) is 22.2. The highest BCUT2D eigenvalue weighted by Gasteiger charge is 2.17. The van der Waals surface area contributed by atoms with Gasteiger partial charge in [-0.2, -0.15) is 0 Å². The number of likely N-dealkylation sites (tertiary alicyclic amines) is 1. The SMILES string of the molecule is CCCN(CC)CCNCC1CCCCN1C. The molecule has 0 aromatic rings. The minimum absolute atomic E-state index is 0.769. The van der Waals surface area contributed by atoms with E-state index in [0.717, 1.165) is 12.6 Å². The lowest BCUT2D eigenvalue weighted by Crippen LogP contribution is -2.44. The fourth-order valence-electron chi connectivity index (χ4n) is 2.65. The van der Waals surface area contributed by atoms with Crippen molar-refractivity contribution in [2.45, 2.75) is 45.6 Å². The highest BCUT2D eigenvalue weighted by molar-refractivity contribution is 4.76. The summed E-state index contributed by atoms with van der Waals surface area (Å²) in [7, 11) is 2.26. The molecule has 1 rings (SSSR count). The Morgan fingerprint density at radius 3 is 2.71 bits per heavy atom. The molecule has 1 fully saturated rings. The fraction of sp³-hybridized carbons (Fsp3) is 1.00. The van der Waals surface area contributed by atoms with Crippen LogP contribution >= 0.6 is 0 Å². The lowest BCUT2D eigenvalue weighted by Gasteiger charge is -2.32. The molecule has 3 heteroatoms.